The molecule has 2 atom stereocenters. The zero-order valence-corrected chi connectivity index (χ0v) is 10.3. The summed E-state index contributed by atoms with van der Waals surface area (Å²) < 4.78 is 0. The summed E-state index contributed by atoms with van der Waals surface area (Å²) in [6.07, 6.45) is 7.52. The van der Waals surface area contributed by atoms with Crippen molar-refractivity contribution in [3.05, 3.63) is 23.3 Å². The quantitative estimate of drug-likeness (QED) is 0.505. The molecule has 0 aliphatic heterocycles. The Kier molecular flexibility index (Phi) is 4.31. The Bertz CT molecular complexity index is 296. The van der Waals surface area contributed by atoms with Gasteiger partial charge in [-0.25, -0.2) is 0 Å². The summed E-state index contributed by atoms with van der Waals surface area (Å²) in [4.78, 5) is 11.5. The molecule has 0 aromatic rings. The lowest BCUT2D eigenvalue weighted by Crippen LogP contribution is -2.14. The molecule has 15 heavy (non-hydrogen) atoms. The van der Waals surface area contributed by atoms with Gasteiger partial charge in [-0.05, 0) is 44.1 Å². The Labute approximate surface area is 93.3 Å². The fourth-order valence-corrected chi connectivity index (χ4v) is 2.24. The number of Topliss-reactive ketones (excluding diaryl/α,β-unsaturated/α-hetero) is 1. The molecule has 0 aromatic carbocycles. The first kappa shape index (κ1) is 12.2. The monoisotopic (exact) mass is 206 g/mol. The number of hydrogen-bond donors (Lipinski definition) is 0. The van der Waals surface area contributed by atoms with Gasteiger partial charge in [-0.1, -0.05) is 31.6 Å². The smallest absolute Gasteiger partial charge is 0.157 e. The fraction of sp³-hybridized carbons (Fsp3) is 0.643. The first-order valence-corrected chi connectivity index (χ1v) is 5.93. The van der Waals surface area contributed by atoms with E-state index >= 15 is 0 Å². The zero-order valence-electron chi connectivity index (χ0n) is 10.3. The third-order valence-electron chi connectivity index (χ3n) is 3.32. The highest BCUT2D eigenvalue weighted by atomic mass is 16.1. The molecule has 0 amide bonds. The summed E-state index contributed by atoms with van der Waals surface area (Å²) in [6.45, 7) is 8.31. The largest absolute Gasteiger partial charge is 0.295 e. The minimum absolute atomic E-state index is 0.286. The van der Waals surface area contributed by atoms with E-state index in [1.54, 1.807) is 0 Å². The van der Waals surface area contributed by atoms with Crippen molar-refractivity contribution in [2.75, 3.05) is 0 Å². The molecule has 0 saturated heterocycles. The van der Waals surface area contributed by atoms with Gasteiger partial charge in [0, 0.05) is 6.42 Å². The minimum atomic E-state index is 0.286. The van der Waals surface area contributed by atoms with Crippen LogP contribution in [-0.4, -0.2) is 5.78 Å². The van der Waals surface area contributed by atoms with Crippen LogP contribution in [0.15, 0.2) is 23.3 Å². The molecule has 0 N–H and O–H groups in total. The van der Waals surface area contributed by atoms with Crippen LogP contribution in [0.25, 0.3) is 0 Å². The van der Waals surface area contributed by atoms with Crippen LogP contribution in [0.3, 0.4) is 0 Å². The number of rotatable bonds is 3. The van der Waals surface area contributed by atoms with Gasteiger partial charge in [0.1, 0.15) is 0 Å². The molecule has 84 valence electrons. The summed E-state index contributed by atoms with van der Waals surface area (Å²) >= 11 is 0. The molecule has 0 aromatic heterocycles. The van der Waals surface area contributed by atoms with Gasteiger partial charge < -0.3 is 0 Å². The van der Waals surface area contributed by atoms with E-state index in [4.69, 9.17) is 0 Å². The van der Waals surface area contributed by atoms with Crippen molar-refractivity contribution < 1.29 is 4.79 Å². The second kappa shape index (κ2) is 5.29. The molecule has 1 heteroatoms. The number of carbonyl (C=O) groups is 1. The van der Waals surface area contributed by atoms with Crippen LogP contribution in [-0.2, 0) is 4.79 Å². The second-order valence-electron chi connectivity index (χ2n) is 4.70. The van der Waals surface area contributed by atoms with E-state index in [0.29, 0.717) is 18.3 Å². The van der Waals surface area contributed by atoms with E-state index in [2.05, 4.69) is 26.0 Å². The fourth-order valence-electron chi connectivity index (χ4n) is 2.24. The molecule has 0 spiro atoms. The van der Waals surface area contributed by atoms with E-state index < -0.39 is 0 Å². The van der Waals surface area contributed by atoms with E-state index in [9.17, 15) is 4.79 Å². The van der Waals surface area contributed by atoms with Crippen LogP contribution in [0, 0.1) is 11.8 Å². The molecule has 1 aliphatic rings. The predicted molar refractivity (Wildman–Crippen MR) is 64.7 cm³/mol. The summed E-state index contributed by atoms with van der Waals surface area (Å²) in [5.41, 5.74) is 2.44. The third kappa shape index (κ3) is 3.33. The van der Waals surface area contributed by atoms with Crippen molar-refractivity contribution in [1.82, 2.24) is 0 Å². The Morgan fingerprint density at radius 2 is 2.27 bits per heavy atom. The standard InChI is InChI=1S/C14H22O/c1-5-14(15)12(4)9-13-7-6-10(2)8-11(13)3/h8-9,11,13H,5-7H2,1-4H3/b12-9+/t11-,13-/m1/s1. The van der Waals surface area contributed by atoms with Crippen LogP contribution in [0.5, 0.6) is 0 Å². The van der Waals surface area contributed by atoms with Gasteiger partial charge in [0.05, 0.1) is 0 Å². The molecule has 0 saturated carbocycles. The lowest BCUT2D eigenvalue weighted by molar-refractivity contribution is -0.115. The average Bonchev–Trinajstić information content (AvgIpc) is 2.20. The van der Waals surface area contributed by atoms with E-state index in [1.807, 2.05) is 13.8 Å². The Balaban J connectivity index is 2.71. The van der Waals surface area contributed by atoms with Crippen molar-refractivity contribution >= 4 is 5.78 Å². The van der Waals surface area contributed by atoms with Crippen molar-refractivity contribution in [2.24, 2.45) is 11.8 Å². The van der Waals surface area contributed by atoms with Gasteiger partial charge in [0.2, 0.25) is 0 Å². The maximum absolute atomic E-state index is 11.5. The number of hydrogen-bond acceptors (Lipinski definition) is 1. The van der Waals surface area contributed by atoms with Gasteiger partial charge in [-0.2, -0.15) is 0 Å². The maximum Gasteiger partial charge on any atom is 0.157 e. The third-order valence-corrected chi connectivity index (χ3v) is 3.32. The zero-order chi connectivity index (χ0) is 11.4. The van der Waals surface area contributed by atoms with Gasteiger partial charge in [0.15, 0.2) is 5.78 Å². The van der Waals surface area contributed by atoms with Crippen LogP contribution in [0.2, 0.25) is 0 Å². The van der Waals surface area contributed by atoms with Crippen molar-refractivity contribution in [1.29, 1.82) is 0 Å². The topological polar surface area (TPSA) is 17.1 Å². The Morgan fingerprint density at radius 1 is 1.60 bits per heavy atom. The summed E-state index contributed by atoms with van der Waals surface area (Å²) in [5, 5.41) is 0. The maximum atomic E-state index is 11.5. The predicted octanol–water partition coefficient (Wildman–Crippen LogP) is 3.90. The highest BCUT2D eigenvalue weighted by molar-refractivity contribution is 5.94. The average molecular weight is 206 g/mol. The molecule has 0 bridgehead atoms. The Morgan fingerprint density at radius 3 is 2.80 bits per heavy atom. The van der Waals surface area contributed by atoms with Crippen molar-refractivity contribution in [2.45, 2.75) is 47.0 Å². The number of carbonyl (C=O) groups excluding carboxylic acids is 1. The van der Waals surface area contributed by atoms with E-state index in [-0.39, 0.29) is 5.78 Å². The second-order valence-corrected chi connectivity index (χ2v) is 4.70. The van der Waals surface area contributed by atoms with Crippen LogP contribution < -0.4 is 0 Å². The van der Waals surface area contributed by atoms with E-state index in [0.717, 1.165) is 5.57 Å². The van der Waals surface area contributed by atoms with Crippen LogP contribution in [0.4, 0.5) is 0 Å². The summed E-state index contributed by atoms with van der Waals surface area (Å²) in [7, 11) is 0. The van der Waals surface area contributed by atoms with E-state index in [1.165, 1.54) is 18.4 Å². The lowest BCUT2D eigenvalue weighted by Gasteiger charge is -2.24. The molecule has 1 rings (SSSR count). The molecule has 1 nitrogen and oxygen atoms in total. The summed E-state index contributed by atoms with van der Waals surface area (Å²) in [6, 6.07) is 0. The van der Waals surface area contributed by atoms with Gasteiger partial charge >= 0.3 is 0 Å². The van der Waals surface area contributed by atoms with Crippen molar-refractivity contribution in [3.63, 3.8) is 0 Å². The summed E-state index contributed by atoms with van der Waals surface area (Å²) in [5.74, 6) is 1.43. The molecule has 0 heterocycles. The molecular formula is C14H22O. The Hall–Kier alpha value is -0.850. The minimum Gasteiger partial charge on any atom is -0.295 e. The molecular weight excluding hydrogens is 184 g/mol. The van der Waals surface area contributed by atoms with Crippen molar-refractivity contribution in [3.8, 4) is 0 Å². The van der Waals surface area contributed by atoms with Gasteiger partial charge in [0.25, 0.3) is 0 Å². The molecule has 0 fully saturated rings. The lowest BCUT2D eigenvalue weighted by atomic mass is 9.81. The van der Waals surface area contributed by atoms with Gasteiger partial charge in [-0.15, -0.1) is 0 Å². The first-order chi connectivity index (χ1) is 7.04. The van der Waals surface area contributed by atoms with Gasteiger partial charge in [-0.3, -0.25) is 4.79 Å². The molecule has 1 aliphatic carbocycles. The first-order valence-electron chi connectivity index (χ1n) is 5.93. The highest BCUT2D eigenvalue weighted by Gasteiger charge is 2.18. The van der Waals surface area contributed by atoms with Crippen LogP contribution >= 0.6 is 0 Å². The molecule has 0 radical (unpaired) electrons. The number of ketones is 1. The molecule has 0 unspecified atom stereocenters. The SMILES string of the molecule is CCC(=O)/C(C)=C/[C@H]1CCC(C)=C[C@H]1C. The highest BCUT2D eigenvalue weighted by Crippen LogP contribution is 2.30. The van der Waals surface area contributed by atoms with Crippen LogP contribution in [0.1, 0.15) is 47.0 Å². The normalized spacial score (nSPS) is 27.5. The number of allylic oxidation sites excluding steroid dienone is 4.